The largest absolute Gasteiger partial charge is 0.316 e. The molecule has 16 heavy (non-hydrogen) atoms. The molecule has 4 heteroatoms. The molecule has 0 saturated carbocycles. The lowest BCUT2D eigenvalue weighted by Crippen LogP contribution is -2.31. The van der Waals surface area contributed by atoms with Crippen molar-refractivity contribution in [2.75, 3.05) is 13.1 Å². The van der Waals surface area contributed by atoms with Crippen LogP contribution in [0.4, 0.5) is 0 Å². The van der Waals surface area contributed by atoms with Crippen molar-refractivity contribution in [2.45, 2.75) is 33.1 Å². The first-order valence-corrected chi connectivity index (χ1v) is 5.94. The highest BCUT2D eigenvalue weighted by molar-refractivity contribution is 5.16. The molecule has 0 aromatic carbocycles. The Morgan fingerprint density at radius 2 is 2.25 bits per heavy atom. The van der Waals surface area contributed by atoms with Crippen molar-refractivity contribution >= 4 is 0 Å². The zero-order chi connectivity index (χ0) is 11.5. The van der Waals surface area contributed by atoms with Gasteiger partial charge in [0.05, 0.1) is 5.69 Å². The molecule has 88 valence electrons. The molecule has 1 atom stereocenters. The highest BCUT2D eigenvalue weighted by Gasteiger charge is 2.16. The van der Waals surface area contributed by atoms with Crippen LogP contribution in [0, 0.1) is 19.8 Å². The predicted octanol–water partition coefficient (Wildman–Crippen LogP) is 0.929. The van der Waals surface area contributed by atoms with Crippen LogP contribution in [0.3, 0.4) is 0 Å². The highest BCUT2D eigenvalue weighted by atomic mass is 16.1. The summed E-state index contributed by atoms with van der Waals surface area (Å²) in [6.45, 7) is 5.87. The molecule has 1 saturated heterocycles. The minimum Gasteiger partial charge on any atom is -0.316 e. The third-order valence-electron chi connectivity index (χ3n) is 3.25. The summed E-state index contributed by atoms with van der Waals surface area (Å²) >= 11 is 0. The van der Waals surface area contributed by atoms with Gasteiger partial charge in [-0.05, 0) is 52.1 Å². The van der Waals surface area contributed by atoms with Crippen molar-refractivity contribution in [2.24, 2.45) is 5.92 Å². The Kier molecular flexibility index (Phi) is 3.39. The molecule has 0 bridgehead atoms. The van der Waals surface area contributed by atoms with Crippen LogP contribution in [0.2, 0.25) is 0 Å². The molecule has 1 aliphatic heterocycles. The van der Waals surface area contributed by atoms with E-state index in [2.05, 4.69) is 15.3 Å². The minimum atomic E-state index is 0.00580. The lowest BCUT2D eigenvalue weighted by molar-refractivity contribution is 0.372. The van der Waals surface area contributed by atoms with Gasteiger partial charge in [0.15, 0.2) is 0 Å². The smallest absolute Gasteiger partial charge is 0.254 e. The number of hydrogen-bond donors (Lipinski definition) is 2. The fraction of sp³-hybridized carbons (Fsp3) is 0.667. The number of H-pyrrole nitrogens is 1. The summed E-state index contributed by atoms with van der Waals surface area (Å²) in [6, 6.07) is 0. The molecule has 1 aromatic rings. The van der Waals surface area contributed by atoms with Crippen molar-refractivity contribution in [1.82, 2.24) is 15.3 Å². The molecule has 1 unspecified atom stereocenters. The van der Waals surface area contributed by atoms with E-state index in [9.17, 15) is 4.79 Å². The van der Waals surface area contributed by atoms with E-state index in [0.29, 0.717) is 5.92 Å². The van der Waals surface area contributed by atoms with Gasteiger partial charge in [0.1, 0.15) is 5.82 Å². The molecule has 2 rings (SSSR count). The molecule has 0 amide bonds. The first kappa shape index (κ1) is 11.3. The number of aryl methyl sites for hydroxylation is 1. The molecule has 0 radical (unpaired) electrons. The maximum atomic E-state index is 11.6. The van der Waals surface area contributed by atoms with E-state index < -0.39 is 0 Å². The van der Waals surface area contributed by atoms with Crippen LogP contribution in [0.5, 0.6) is 0 Å². The molecule has 1 aliphatic rings. The second kappa shape index (κ2) is 4.78. The third-order valence-corrected chi connectivity index (χ3v) is 3.25. The molecule has 1 aromatic heterocycles. The van der Waals surface area contributed by atoms with Crippen molar-refractivity contribution in [3.05, 3.63) is 27.4 Å². The Morgan fingerprint density at radius 3 is 2.94 bits per heavy atom. The summed E-state index contributed by atoms with van der Waals surface area (Å²) in [4.78, 5) is 18.8. The highest BCUT2D eigenvalue weighted by Crippen LogP contribution is 2.15. The Morgan fingerprint density at radius 1 is 1.44 bits per heavy atom. The molecular formula is C12H19N3O. The van der Waals surface area contributed by atoms with Crippen LogP contribution in [0.15, 0.2) is 4.79 Å². The Balaban J connectivity index is 2.16. The van der Waals surface area contributed by atoms with Crippen LogP contribution in [-0.4, -0.2) is 23.1 Å². The van der Waals surface area contributed by atoms with Crippen molar-refractivity contribution in [3.8, 4) is 0 Å². The zero-order valence-electron chi connectivity index (χ0n) is 9.97. The number of piperidine rings is 1. The lowest BCUT2D eigenvalue weighted by atomic mass is 9.93. The Hall–Kier alpha value is -1.16. The third kappa shape index (κ3) is 2.50. The van der Waals surface area contributed by atoms with Gasteiger partial charge in [0, 0.05) is 5.56 Å². The van der Waals surface area contributed by atoms with E-state index in [4.69, 9.17) is 0 Å². The van der Waals surface area contributed by atoms with Gasteiger partial charge in [-0.2, -0.15) is 0 Å². The van der Waals surface area contributed by atoms with Gasteiger partial charge in [-0.25, -0.2) is 4.98 Å². The van der Waals surface area contributed by atoms with E-state index in [0.717, 1.165) is 36.6 Å². The molecule has 0 spiro atoms. The molecular weight excluding hydrogens is 202 g/mol. The Labute approximate surface area is 95.5 Å². The normalized spacial score (nSPS) is 21.0. The Bertz CT molecular complexity index is 419. The number of aromatic amines is 1. The van der Waals surface area contributed by atoms with Gasteiger partial charge in [-0.15, -0.1) is 0 Å². The molecule has 1 fully saturated rings. The van der Waals surface area contributed by atoms with Crippen molar-refractivity contribution < 1.29 is 0 Å². The van der Waals surface area contributed by atoms with Crippen LogP contribution in [0.25, 0.3) is 0 Å². The molecule has 2 N–H and O–H groups in total. The average Bonchev–Trinajstić information content (AvgIpc) is 2.27. The topological polar surface area (TPSA) is 57.8 Å². The summed E-state index contributed by atoms with van der Waals surface area (Å²) < 4.78 is 0. The summed E-state index contributed by atoms with van der Waals surface area (Å²) in [7, 11) is 0. The summed E-state index contributed by atoms with van der Waals surface area (Å²) in [5.74, 6) is 1.34. The second-order valence-corrected chi connectivity index (χ2v) is 4.64. The first-order valence-electron chi connectivity index (χ1n) is 5.94. The summed E-state index contributed by atoms with van der Waals surface area (Å²) in [6.07, 6.45) is 3.38. The molecule has 0 aliphatic carbocycles. The van der Waals surface area contributed by atoms with Crippen molar-refractivity contribution in [3.63, 3.8) is 0 Å². The summed E-state index contributed by atoms with van der Waals surface area (Å²) in [5.41, 5.74) is 1.75. The van der Waals surface area contributed by atoms with E-state index in [1.54, 1.807) is 0 Å². The lowest BCUT2D eigenvalue weighted by Gasteiger charge is -2.22. The quantitative estimate of drug-likeness (QED) is 0.781. The SMILES string of the molecule is Cc1nc(CC2CCCNC2)c(C)c(=O)[nH]1. The van der Waals surface area contributed by atoms with Gasteiger partial charge in [-0.1, -0.05) is 0 Å². The van der Waals surface area contributed by atoms with Gasteiger partial charge in [0.25, 0.3) is 5.56 Å². The van der Waals surface area contributed by atoms with Crippen LogP contribution < -0.4 is 10.9 Å². The number of aromatic nitrogens is 2. The number of nitrogens with zero attached hydrogens (tertiary/aromatic N) is 1. The fourth-order valence-corrected chi connectivity index (χ4v) is 2.27. The second-order valence-electron chi connectivity index (χ2n) is 4.64. The number of nitrogens with one attached hydrogen (secondary N) is 2. The summed E-state index contributed by atoms with van der Waals surface area (Å²) in [5, 5.41) is 3.39. The van der Waals surface area contributed by atoms with Gasteiger partial charge in [0.2, 0.25) is 0 Å². The number of hydrogen-bond acceptors (Lipinski definition) is 3. The van der Waals surface area contributed by atoms with Gasteiger partial charge in [-0.3, -0.25) is 4.79 Å². The standard InChI is InChI=1S/C12H19N3O/c1-8-11(14-9(2)15-12(8)16)6-10-4-3-5-13-7-10/h10,13H,3-7H2,1-2H3,(H,14,15,16). The van der Waals surface area contributed by atoms with E-state index in [1.165, 1.54) is 12.8 Å². The van der Waals surface area contributed by atoms with Crippen molar-refractivity contribution in [1.29, 1.82) is 0 Å². The maximum absolute atomic E-state index is 11.6. The van der Waals surface area contributed by atoms with E-state index in [1.807, 2.05) is 13.8 Å². The van der Waals surface area contributed by atoms with Crippen LogP contribution in [-0.2, 0) is 6.42 Å². The first-order chi connectivity index (χ1) is 7.66. The van der Waals surface area contributed by atoms with Crippen LogP contribution >= 0.6 is 0 Å². The number of rotatable bonds is 2. The van der Waals surface area contributed by atoms with Gasteiger partial charge < -0.3 is 10.3 Å². The van der Waals surface area contributed by atoms with Gasteiger partial charge >= 0.3 is 0 Å². The van der Waals surface area contributed by atoms with Crippen LogP contribution in [0.1, 0.15) is 29.9 Å². The average molecular weight is 221 g/mol. The fourth-order valence-electron chi connectivity index (χ4n) is 2.27. The molecule has 4 nitrogen and oxygen atoms in total. The minimum absolute atomic E-state index is 0.00580. The predicted molar refractivity (Wildman–Crippen MR) is 63.6 cm³/mol. The van der Waals surface area contributed by atoms with E-state index in [-0.39, 0.29) is 5.56 Å². The van der Waals surface area contributed by atoms with E-state index >= 15 is 0 Å². The maximum Gasteiger partial charge on any atom is 0.254 e. The monoisotopic (exact) mass is 221 g/mol. The zero-order valence-corrected chi connectivity index (χ0v) is 9.97. The molecule has 2 heterocycles.